The van der Waals surface area contributed by atoms with Gasteiger partial charge in [0.05, 0.1) is 6.04 Å². The van der Waals surface area contributed by atoms with Gasteiger partial charge in [-0.3, -0.25) is 4.79 Å². The molecular formula is C15H17N3OS. The zero-order chi connectivity index (χ0) is 13.9. The van der Waals surface area contributed by atoms with Crippen molar-refractivity contribution < 1.29 is 4.79 Å². The number of rotatable bonds is 3. The third-order valence-electron chi connectivity index (χ3n) is 3.55. The van der Waals surface area contributed by atoms with Crippen LogP contribution in [0.5, 0.6) is 0 Å². The molecular weight excluding hydrogens is 270 g/mol. The summed E-state index contributed by atoms with van der Waals surface area (Å²) in [5, 5.41) is 9.19. The van der Waals surface area contributed by atoms with Crippen LogP contribution < -0.4 is 10.6 Å². The Morgan fingerprint density at radius 1 is 1.50 bits per heavy atom. The van der Waals surface area contributed by atoms with E-state index in [-0.39, 0.29) is 18.0 Å². The second kappa shape index (κ2) is 5.73. The van der Waals surface area contributed by atoms with E-state index in [2.05, 4.69) is 21.7 Å². The van der Waals surface area contributed by atoms with Crippen LogP contribution in [0, 0.1) is 0 Å². The lowest BCUT2D eigenvalue weighted by molar-refractivity contribution is -0.124. The minimum atomic E-state index is -0.262. The summed E-state index contributed by atoms with van der Waals surface area (Å²) in [6.45, 7) is 2.80. The molecule has 0 spiro atoms. The zero-order valence-corrected chi connectivity index (χ0v) is 12.1. The third kappa shape index (κ3) is 2.59. The molecule has 2 N–H and O–H groups in total. The summed E-state index contributed by atoms with van der Waals surface area (Å²) >= 11 is 1.56. The highest BCUT2D eigenvalue weighted by Crippen LogP contribution is 2.24. The van der Waals surface area contributed by atoms with Crippen molar-refractivity contribution in [2.45, 2.75) is 25.4 Å². The predicted octanol–water partition coefficient (Wildman–Crippen LogP) is 2.21. The number of fused-ring (bicyclic) bond motifs is 1. The maximum absolute atomic E-state index is 12.5. The molecule has 1 aliphatic rings. The number of amides is 1. The molecule has 5 heteroatoms. The Kier molecular flexibility index (Phi) is 3.80. The molecule has 0 bridgehead atoms. The molecule has 20 heavy (non-hydrogen) atoms. The van der Waals surface area contributed by atoms with E-state index >= 15 is 0 Å². The number of thiazole rings is 1. The first-order valence-electron chi connectivity index (χ1n) is 6.76. The molecule has 2 unspecified atom stereocenters. The molecule has 2 aromatic rings. The Hall–Kier alpha value is -1.72. The molecule has 1 aliphatic heterocycles. The van der Waals surface area contributed by atoms with Crippen molar-refractivity contribution >= 4 is 17.2 Å². The van der Waals surface area contributed by atoms with Crippen LogP contribution in [0.4, 0.5) is 0 Å². The van der Waals surface area contributed by atoms with Gasteiger partial charge in [-0.2, -0.15) is 0 Å². The molecule has 0 aliphatic carbocycles. The number of carbonyl (C=O) groups is 1. The first-order chi connectivity index (χ1) is 9.75. The Labute approximate surface area is 122 Å². The minimum absolute atomic E-state index is 0.0138. The monoisotopic (exact) mass is 287 g/mol. The van der Waals surface area contributed by atoms with Crippen molar-refractivity contribution in [3.8, 4) is 0 Å². The summed E-state index contributed by atoms with van der Waals surface area (Å²) in [4.78, 5) is 16.7. The van der Waals surface area contributed by atoms with Gasteiger partial charge >= 0.3 is 0 Å². The molecule has 3 rings (SSSR count). The first kappa shape index (κ1) is 13.3. The van der Waals surface area contributed by atoms with Gasteiger partial charge in [0.2, 0.25) is 5.91 Å². The van der Waals surface area contributed by atoms with E-state index in [1.165, 1.54) is 5.56 Å². The standard InChI is InChI=1S/C15H17N3OS/c1-10(15-17-8-9-20-15)18-14(19)13-12-5-3-2-4-11(12)6-7-16-13/h2-5,8-10,13,16H,6-7H2,1H3,(H,18,19). The number of carbonyl (C=O) groups excluding carboxylic acids is 1. The highest BCUT2D eigenvalue weighted by atomic mass is 32.1. The maximum Gasteiger partial charge on any atom is 0.242 e. The van der Waals surface area contributed by atoms with Crippen molar-refractivity contribution in [3.63, 3.8) is 0 Å². The SMILES string of the molecule is CC(NC(=O)C1NCCc2ccccc21)c1nccs1. The summed E-state index contributed by atoms with van der Waals surface area (Å²) in [7, 11) is 0. The smallest absolute Gasteiger partial charge is 0.242 e. The van der Waals surface area contributed by atoms with Gasteiger partial charge in [0, 0.05) is 18.1 Å². The van der Waals surface area contributed by atoms with Crippen molar-refractivity contribution in [1.82, 2.24) is 15.6 Å². The van der Waals surface area contributed by atoms with Crippen LogP contribution in [-0.2, 0) is 11.2 Å². The molecule has 0 saturated carbocycles. The van der Waals surface area contributed by atoms with Crippen LogP contribution in [0.1, 0.15) is 35.1 Å². The maximum atomic E-state index is 12.5. The zero-order valence-electron chi connectivity index (χ0n) is 11.3. The fourth-order valence-electron chi connectivity index (χ4n) is 2.55. The molecule has 1 aromatic heterocycles. The average molecular weight is 287 g/mol. The summed E-state index contributed by atoms with van der Waals surface area (Å²) in [6, 6.07) is 7.81. The lowest BCUT2D eigenvalue weighted by atomic mass is 9.94. The van der Waals surface area contributed by atoms with Crippen molar-refractivity contribution in [1.29, 1.82) is 0 Å². The second-order valence-corrected chi connectivity index (χ2v) is 5.86. The number of benzene rings is 1. The number of hydrogen-bond acceptors (Lipinski definition) is 4. The molecule has 0 saturated heterocycles. The van der Waals surface area contributed by atoms with Gasteiger partial charge in [0.15, 0.2) is 0 Å². The third-order valence-corrected chi connectivity index (χ3v) is 4.51. The van der Waals surface area contributed by atoms with Gasteiger partial charge in [0.25, 0.3) is 0 Å². The van der Waals surface area contributed by atoms with Crippen LogP contribution in [-0.4, -0.2) is 17.4 Å². The summed E-state index contributed by atoms with van der Waals surface area (Å²) in [6.07, 6.45) is 2.73. The van der Waals surface area contributed by atoms with Gasteiger partial charge < -0.3 is 10.6 Å². The van der Waals surface area contributed by atoms with Crippen LogP contribution in [0.15, 0.2) is 35.8 Å². The molecule has 1 aromatic carbocycles. The van der Waals surface area contributed by atoms with E-state index in [0.29, 0.717) is 0 Å². The van der Waals surface area contributed by atoms with Gasteiger partial charge in [0.1, 0.15) is 11.0 Å². The highest BCUT2D eigenvalue weighted by molar-refractivity contribution is 7.09. The predicted molar refractivity (Wildman–Crippen MR) is 79.6 cm³/mol. The fourth-order valence-corrected chi connectivity index (χ4v) is 3.19. The highest BCUT2D eigenvalue weighted by Gasteiger charge is 2.27. The molecule has 2 heterocycles. The topological polar surface area (TPSA) is 54.0 Å². The van der Waals surface area contributed by atoms with Crippen LogP contribution >= 0.6 is 11.3 Å². The van der Waals surface area contributed by atoms with Crippen molar-refractivity contribution in [3.05, 3.63) is 52.0 Å². The van der Waals surface area contributed by atoms with E-state index in [4.69, 9.17) is 0 Å². The summed E-state index contributed by atoms with van der Waals surface area (Å²) in [5.41, 5.74) is 2.34. The van der Waals surface area contributed by atoms with Crippen molar-refractivity contribution in [2.75, 3.05) is 6.54 Å². The van der Waals surface area contributed by atoms with E-state index < -0.39 is 0 Å². The van der Waals surface area contributed by atoms with Crippen molar-refractivity contribution in [2.24, 2.45) is 0 Å². The number of hydrogen-bond donors (Lipinski definition) is 2. The number of nitrogens with zero attached hydrogens (tertiary/aromatic N) is 1. The molecule has 1 amide bonds. The molecule has 104 valence electrons. The Morgan fingerprint density at radius 2 is 2.35 bits per heavy atom. The Morgan fingerprint density at radius 3 is 3.15 bits per heavy atom. The van der Waals surface area contributed by atoms with Crippen LogP contribution in [0.25, 0.3) is 0 Å². The normalized spacial score (nSPS) is 19.1. The van der Waals surface area contributed by atoms with E-state index in [1.807, 2.05) is 30.5 Å². The van der Waals surface area contributed by atoms with E-state index in [0.717, 1.165) is 23.5 Å². The largest absolute Gasteiger partial charge is 0.345 e. The minimum Gasteiger partial charge on any atom is -0.345 e. The first-order valence-corrected chi connectivity index (χ1v) is 7.64. The van der Waals surface area contributed by atoms with Crippen LogP contribution in [0.2, 0.25) is 0 Å². The fraction of sp³-hybridized carbons (Fsp3) is 0.333. The lowest BCUT2D eigenvalue weighted by Gasteiger charge is -2.27. The van der Waals surface area contributed by atoms with Gasteiger partial charge in [-0.25, -0.2) is 4.98 Å². The summed E-state index contributed by atoms with van der Waals surface area (Å²) in [5.74, 6) is 0.0138. The Bertz CT molecular complexity index is 597. The van der Waals surface area contributed by atoms with Gasteiger partial charge in [-0.15, -0.1) is 11.3 Å². The molecule has 2 atom stereocenters. The molecule has 4 nitrogen and oxygen atoms in total. The van der Waals surface area contributed by atoms with Crippen LogP contribution in [0.3, 0.4) is 0 Å². The number of nitrogens with one attached hydrogen (secondary N) is 2. The van der Waals surface area contributed by atoms with Gasteiger partial charge in [-0.1, -0.05) is 24.3 Å². The van der Waals surface area contributed by atoms with E-state index in [9.17, 15) is 4.79 Å². The average Bonchev–Trinajstić information content (AvgIpc) is 3.01. The Balaban J connectivity index is 1.75. The van der Waals surface area contributed by atoms with E-state index in [1.54, 1.807) is 17.5 Å². The number of aromatic nitrogens is 1. The quantitative estimate of drug-likeness (QED) is 0.910. The molecule has 0 fully saturated rings. The summed E-state index contributed by atoms with van der Waals surface area (Å²) < 4.78 is 0. The second-order valence-electron chi connectivity index (χ2n) is 4.94. The lowest BCUT2D eigenvalue weighted by Crippen LogP contribution is -2.42. The van der Waals surface area contributed by atoms with Gasteiger partial charge in [-0.05, 0) is 24.5 Å². The molecule has 0 radical (unpaired) electrons.